The van der Waals surface area contributed by atoms with Gasteiger partial charge in [-0.15, -0.1) is 0 Å². The normalized spacial score (nSPS) is 10.7. The van der Waals surface area contributed by atoms with Gasteiger partial charge in [0.15, 0.2) is 0 Å². The second-order valence-corrected chi connectivity index (χ2v) is 4.93. The van der Waals surface area contributed by atoms with E-state index in [0.29, 0.717) is 13.2 Å². The van der Waals surface area contributed by atoms with Gasteiger partial charge in [0.05, 0.1) is 6.61 Å². The maximum absolute atomic E-state index is 5.93. The molecule has 2 N–H and O–H groups in total. The van der Waals surface area contributed by atoms with Crippen molar-refractivity contribution in [1.82, 2.24) is 4.98 Å². The van der Waals surface area contributed by atoms with Gasteiger partial charge in [-0.3, -0.25) is 4.98 Å². The number of nitrogens with two attached hydrogens (primary N) is 1. The number of fused-ring (bicyclic) bond motifs is 1. The van der Waals surface area contributed by atoms with Crippen LogP contribution >= 0.6 is 0 Å². The minimum Gasteiger partial charge on any atom is -0.493 e. The monoisotopic (exact) mass is 278 g/mol. The van der Waals surface area contributed by atoms with Gasteiger partial charge in [-0.1, -0.05) is 36.4 Å². The van der Waals surface area contributed by atoms with E-state index >= 15 is 0 Å². The average Bonchev–Trinajstić information content (AvgIpc) is 2.55. The van der Waals surface area contributed by atoms with Crippen LogP contribution in [0.1, 0.15) is 11.1 Å². The van der Waals surface area contributed by atoms with E-state index in [0.717, 1.165) is 17.7 Å². The van der Waals surface area contributed by atoms with Crippen molar-refractivity contribution in [3.63, 3.8) is 0 Å². The first-order chi connectivity index (χ1) is 10.4. The van der Waals surface area contributed by atoms with E-state index in [1.807, 2.05) is 30.5 Å². The van der Waals surface area contributed by atoms with Crippen molar-refractivity contribution in [1.29, 1.82) is 0 Å². The minimum absolute atomic E-state index is 0.476. The smallest absolute Gasteiger partial charge is 0.124 e. The van der Waals surface area contributed by atoms with Crippen LogP contribution in [0.4, 0.5) is 0 Å². The van der Waals surface area contributed by atoms with E-state index in [2.05, 4.69) is 29.2 Å². The highest BCUT2D eigenvalue weighted by atomic mass is 16.5. The zero-order valence-electron chi connectivity index (χ0n) is 11.8. The van der Waals surface area contributed by atoms with Gasteiger partial charge < -0.3 is 10.5 Å². The van der Waals surface area contributed by atoms with E-state index in [4.69, 9.17) is 10.5 Å². The number of hydrogen-bond donors (Lipinski definition) is 1. The molecule has 1 aromatic heterocycles. The summed E-state index contributed by atoms with van der Waals surface area (Å²) in [6.07, 6.45) is 4.48. The first-order valence-corrected chi connectivity index (χ1v) is 7.11. The average molecular weight is 278 g/mol. The molecule has 0 unspecified atom stereocenters. The molecule has 3 aromatic rings. The number of aromatic nitrogens is 1. The van der Waals surface area contributed by atoms with Gasteiger partial charge in [-0.2, -0.15) is 0 Å². The standard InChI is InChI=1S/C18H18N2O/c19-12-17-16-6-2-1-5-15(16)7-8-18(17)21-11-9-14-4-3-10-20-13-14/h1-8,10,13H,9,11-12,19H2. The summed E-state index contributed by atoms with van der Waals surface area (Å²) < 4.78 is 5.93. The SMILES string of the molecule is NCc1c(OCCc2cccnc2)ccc2ccccc12. The second-order valence-electron chi connectivity index (χ2n) is 4.93. The van der Waals surface area contributed by atoms with Crippen molar-refractivity contribution in [3.8, 4) is 5.75 Å². The van der Waals surface area contributed by atoms with Crippen molar-refractivity contribution in [2.45, 2.75) is 13.0 Å². The third-order valence-corrected chi connectivity index (χ3v) is 3.57. The Morgan fingerprint density at radius 1 is 1.00 bits per heavy atom. The van der Waals surface area contributed by atoms with Gasteiger partial charge in [0.1, 0.15) is 5.75 Å². The van der Waals surface area contributed by atoms with Gasteiger partial charge in [0.25, 0.3) is 0 Å². The number of ether oxygens (including phenoxy) is 1. The van der Waals surface area contributed by atoms with Crippen LogP contribution in [-0.4, -0.2) is 11.6 Å². The Morgan fingerprint density at radius 2 is 1.90 bits per heavy atom. The zero-order valence-corrected chi connectivity index (χ0v) is 11.8. The van der Waals surface area contributed by atoms with E-state index < -0.39 is 0 Å². The number of hydrogen-bond acceptors (Lipinski definition) is 3. The van der Waals surface area contributed by atoms with Crippen LogP contribution in [-0.2, 0) is 13.0 Å². The van der Waals surface area contributed by atoms with Gasteiger partial charge in [-0.25, -0.2) is 0 Å². The lowest BCUT2D eigenvalue weighted by Gasteiger charge is -2.13. The molecule has 0 aliphatic rings. The van der Waals surface area contributed by atoms with Crippen LogP contribution in [0.15, 0.2) is 60.9 Å². The molecule has 3 rings (SSSR count). The van der Waals surface area contributed by atoms with Crippen LogP contribution in [0.3, 0.4) is 0 Å². The summed E-state index contributed by atoms with van der Waals surface area (Å²) in [6.45, 7) is 1.10. The topological polar surface area (TPSA) is 48.1 Å². The summed E-state index contributed by atoms with van der Waals surface area (Å²) in [7, 11) is 0. The molecular formula is C18H18N2O. The molecule has 0 bridgehead atoms. The molecule has 0 amide bonds. The Kier molecular flexibility index (Phi) is 4.12. The maximum Gasteiger partial charge on any atom is 0.124 e. The van der Waals surface area contributed by atoms with Crippen LogP contribution in [0.25, 0.3) is 10.8 Å². The molecule has 0 saturated carbocycles. The Labute approximate surface area is 124 Å². The predicted octanol–water partition coefficient (Wildman–Crippen LogP) is 3.32. The molecule has 106 valence electrons. The van der Waals surface area contributed by atoms with E-state index in [9.17, 15) is 0 Å². The van der Waals surface area contributed by atoms with Crippen LogP contribution in [0.5, 0.6) is 5.75 Å². The molecule has 21 heavy (non-hydrogen) atoms. The highest BCUT2D eigenvalue weighted by molar-refractivity contribution is 5.87. The van der Waals surface area contributed by atoms with Crippen molar-refractivity contribution in [2.24, 2.45) is 5.73 Å². The molecule has 0 fully saturated rings. The Bertz CT molecular complexity index is 726. The largest absolute Gasteiger partial charge is 0.493 e. The van der Waals surface area contributed by atoms with Gasteiger partial charge in [-0.05, 0) is 28.5 Å². The molecule has 0 aliphatic heterocycles. The maximum atomic E-state index is 5.93. The number of rotatable bonds is 5. The lowest BCUT2D eigenvalue weighted by molar-refractivity contribution is 0.319. The van der Waals surface area contributed by atoms with Crippen LogP contribution in [0.2, 0.25) is 0 Å². The van der Waals surface area contributed by atoms with Crippen molar-refractivity contribution < 1.29 is 4.74 Å². The van der Waals surface area contributed by atoms with E-state index in [1.54, 1.807) is 6.20 Å². The predicted molar refractivity (Wildman–Crippen MR) is 85.3 cm³/mol. The molecule has 3 nitrogen and oxygen atoms in total. The van der Waals surface area contributed by atoms with Crippen LogP contribution in [0, 0.1) is 0 Å². The first kappa shape index (κ1) is 13.6. The number of benzene rings is 2. The molecule has 2 aromatic carbocycles. The quantitative estimate of drug-likeness (QED) is 0.779. The lowest BCUT2D eigenvalue weighted by atomic mass is 10.0. The molecule has 0 atom stereocenters. The summed E-state index contributed by atoms with van der Waals surface area (Å²) in [5, 5.41) is 2.36. The van der Waals surface area contributed by atoms with Gasteiger partial charge in [0.2, 0.25) is 0 Å². The zero-order chi connectivity index (χ0) is 14.5. The first-order valence-electron chi connectivity index (χ1n) is 7.11. The molecule has 0 radical (unpaired) electrons. The fourth-order valence-electron chi connectivity index (χ4n) is 2.49. The van der Waals surface area contributed by atoms with Gasteiger partial charge >= 0.3 is 0 Å². The highest BCUT2D eigenvalue weighted by Gasteiger charge is 2.07. The lowest BCUT2D eigenvalue weighted by Crippen LogP contribution is -2.06. The third kappa shape index (κ3) is 3.03. The van der Waals surface area contributed by atoms with Crippen LogP contribution < -0.4 is 10.5 Å². The summed E-state index contributed by atoms with van der Waals surface area (Å²) in [4.78, 5) is 4.11. The highest BCUT2D eigenvalue weighted by Crippen LogP contribution is 2.27. The Morgan fingerprint density at radius 3 is 2.71 bits per heavy atom. The summed E-state index contributed by atoms with van der Waals surface area (Å²) >= 11 is 0. The number of pyridine rings is 1. The molecule has 0 saturated heterocycles. The number of nitrogens with zero attached hydrogens (tertiary/aromatic N) is 1. The van der Waals surface area contributed by atoms with Crippen molar-refractivity contribution >= 4 is 10.8 Å². The third-order valence-electron chi connectivity index (χ3n) is 3.57. The molecule has 0 aliphatic carbocycles. The fourth-order valence-corrected chi connectivity index (χ4v) is 2.49. The van der Waals surface area contributed by atoms with E-state index in [-0.39, 0.29) is 0 Å². The second kappa shape index (κ2) is 6.37. The molecule has 1 heterocycles. The molecule has 3 heteroatoms. The molecule has 0 spiro atoms. The van der Waals surface area contributed by atoms with Crippen molar-refractivity contribution in [3.05, 3.63) is 72.1 Å². The minimum atomic E-state index is 0.476. The summed E-state index contributed by atoms with van der Waals surface area (Å²) in [6, 6.07) is 16.3. The molecular weight excluding hydrogens is 260 g/mol. The van der Waals surface area contributed by atoms with Crippen molar-refractivity contribution in [2.75, 3.05) is 6.61 Å². The van der Waals surface area contributed by atoms with Gasteiger partial charge in [0, 0.05) is 30.9 Å². The Hall–Kier alpha value is -2.39. The summed E-state index contributed by atoms with van der Waals surface area (Å²) in [5.41, 5.74) is 8.15. The fraction of sp³-hybridized carbons (Fsp3) is 0.167. The Balaban J connectivity index is 1.77. The van der Waals surface area contributed by atoms with E-state index in [1.165, 1.54) is 16.3 Å². The summed E-state index contributed by atoms with van der Waals surface area (Å²) in [5.74, 6) is 0.875.